The molecule has 4 unspecified atom stereocenters. The molecular formula is C32H48Cl2Zr-2. The van der Waals surface area contributed by atoms with Gasteiger partial charge in [-0.3, -0.25) is 0 Å². The summed E-state index contributed by atoms with van der Waals surface area (Å²) in [6.07, 6.45) is 31.0. The zero-order valence-corrected chi connectivity index (χ0v) is 27.0. The van der Waals surface area contributed by atoms with Gasteiger partial charge in [-0.15, -0.1) is 24.3 Å². The molecule has 0 heterocycles. The zero-order chi connectivity index (χ0) is 24.1. The first kappa shape index (κ1) is 33.1. The van der Waals surface area contributed by atoms with Crippen LogP contribution < -0.4 is 24.8 Å². The van der Waals surface area contributed by atoms with Crippen molar-refractivity contribution in [3.8, 4) is 0 Å². The summed E-state index contributed by atoms with van der Waals surface area (Å²) in [5.41, 5.74) is 4.07. The van der Waals surface area contributed by atoms with Crippen LogP contribution in [-0.4, -0.2) is 3.21 Å². The molecule has 4 atom stereocenters. The van der Waals surface area contributed by atoms with Crippen LogP contribution in [0.15, 0.2) is 47.6 Å². The monoisotopic (exact) mass is 592 g/mol. The molecule has 0 spiro atoms. The summed E-state index contributed by atoms with van der Waals surface area (Å²) in [5, 5.41) is 0. The average molecular weight is 595 g/mol. The Bertz CT molecular complexity index is 734. The Hall–Kier alpha value is 0.0331. The maximum absolute atomic E-state index is 2.45. The summed E-state index contributed by atoms with van der Waals surface area (Å²) in [5.74, 6) is 3.14. The van der Waals surface area contributed by atoms with Gasteiger partial charge in [0.25, 0.3) is 0 Å². The topological polar surface area (TPSA) is 0 Å². The Kier molecular flexibility index (Phi) is 14.0. The van der Waals surface area contributed by atoms with Gasteiger partial charge in [-0.05, 0) is 35.5 Å². The molecule has 3 fully saturated rings. The van der Waals surface area contributed by atoms with E-state index in [4.69, 9.17) is 0 Å². The summed E-state index contributed by atoms with van der Waals surface area (Å²) in [6.45, 7) is 14.2. The van der Waals surface area contributed by atoms with E-state index < -0.39 is 0 Å². The molecule has 0 bridgehead atoms. The number of halogens is 2. The van der Waals surface area contributed by atoms with Crippen molar-refractivity contribution in [3.05, 3.63) is 60.4 Å². The van der Waals surface area contributed by atoms with Crippen molar-refractivity contribution < 1.29 is 49.0 Å². The molecule has 0 aliphatic heterocycles. The van der Waals surface area contributed by atoms with E-state index in [9.17, 15) is 0 Å². The standard InChI is InChI=1S/2C13H19.C6H10.2ClH.Zr/c2*1-10-8-11-6-4-5-7-13(2,3)12(11)9-10;1-2-4-6-5-3-1;;;/h2*4-6,8,10,12H,7,9H2,1-3H3;1-5H2;2*1H;/q2*-1;;;;+2/p-2. The van der Waals surface area contributed by atoms with Crippen molar-refractivity contribution in [1.82, 2.24) is 0 Å². The number of fused-ring (bicyclic) bond motifs is 2. The Morgan fingerprint density at radius 3 is 1.46 bits per heavy atom. The second-order valence-corrected chi connectivity index (χ2v) is 14.3. The van der Waals surface area contributed by atoms with Crippen LogP contribution in [0.3, 0.4) is 0 Å². The second kappa shape index (κ2) is 14.8. The fourth-order valence-corrected chi connectivity index (χ4v) is 7.16. The van der Waals surface area contributed by atoms with Crippen LogP contribution in [-0.2, 0) is 24.2 Å². The third-order valence-corrected chi connectivity index (χ3v) is 9.68. The van der Waals surface area contributed by atoms with E-state index in [1.54, 1.807) is 38.6 Å². The van der Waals surface area contributed by atoms with Crippen LogP contribution in [0, 0.1) is 47.3 Å². The van der Waals surface area contributed by atoms with E-state index in [2.05, 4.69) is 90.8 Å². The third kappa shape index (κ3) is 9.69. The molecule has 35 heavy (non-hydrogen) atoms. The van der Waals surface area contributed by atoms with Crippen molar-refractivity contribution >= 4 is 3.21 Å². The van der Waals surface area contributed by atoms with Crippen LogP contribution in [0.5, 0.6) is 0 Å². The Labute approximate surface area is 245 Å². The van der Waals surface area contributed by atoms with Gasteiger partial charge in [0, 0.05) is 0 Å². The first-order chi connectivity index (χ1) is 15.6. The molecule has 0 nitrogen and oxygen atoms in total. The normalized spacial score (nSPS) is 31.4. The van der Waals surface area contributed by atoms with E-state index in [0.29, 0.717) is 10.8 Å². The number of hydrogen-bond donors (Lipinski definition) is 0. The third-order valence-electron chi connectivity index (χ3n) is 8.45. The first-order valence-corrected chi connectivity index (χ1v) is 14.8. The van der Waals surface area contributed by atoms with Crippen molar-refractivity contribution in [1.29, 1.82) is 0 Å². The summed E-state index contributed by atoms with van der Waals surface area (Å²) in [4.78, 5) is 0. The molecule has 0 aromatic heterocycles. The number of allylic oxidation sites excluding steroid dienone is 8. The minimum atomic E-state index is 0. The second-order valence-electron chi connectivity index (χ2n) is 12.6. The van der Waals surface area contributed by atoms with Gasteiger partial charge < -0.3 is 24.8 Å². The van der Waals surface area contributed by atoms with Gasteiger partial charge in [-0.25, -0.2) is 36.1 Å². The maximum atomic E-state index is 2.45. The van der Waals surface area contributed by atoms with E-state index in [0.717, 1.165) is 23.7 Å². The molecular weight excluding hydrogens is 546 g/mol. The van der Waals surface area contributed by atoms with Gasteiger partial charge in [-0.2, -0.15) is 0 Å². The summed E-state index contributed by atoms with van der Waals surface area (Å²) in [7, 11) is 0. The molecule has 196 valence electrons. The molecule has 0 aromatic carbocycles. The van der Waals surface area contributed by atoms with Crippen LogP contribution >= 0.6 is 0 Å². The van der Waals surface area contributed by atoms with E-state index in [1.165, 1.54) is 57.8 Å². The average Bonchev–Trinajstić information content (AvgIpc) is 3.25. The number of rotatable bonds is 0. The number of hydrogen-bond acceptors (Lipinski definition) is 0. The van der Waals surface area contributed by atoms with Gasteiger partial charge in [0.05, 0.1) is 0 Å². The van der Waals surface area contributed by atoms with E-state index in [1.807, 2.05) is 0 Å². The van der Waals surface area contributed by atoms with Gasteiger partial charge in [0.15, 0.2) is 0 Å². The van der Waals surface area contributed by atoms with Crippen molar-refractivity contribution in [2.75, 3.05) is 0 Å². The van der Waals surface area contributed by atoms with Crippen molar-refractivity contribution in [3.63, 3.8) is 0 Å². The predicted octanol–water partition coefficient (Wildman–Crippen LogP) is 3.20. The molecule has 5 rings (SSSR count). The summed E-state index contributed by atoms with van der Waals surface area (Å²) < 4.78 is 1.80. The van der Waals surface area contributed by atoms with E-state index in [-0.39, 0.29) is 24.8 Å². The molecule has 5 aliphatic carbocycles. The molecule has 0 amide bonds. The predicted molar refractivity (Wildman–Crippen MR) is 142 cm³/mol. The zero-order valence-electron chi connectivity index (χ0n) is 23.0. The van der Waals surface area contributed by atoms with E-state index >= 15 is 0 Å². The van der Waals surface area contributed by atoms with Gasteiger partial charge in [0.2, 0.25) is 0 Å². The van der Waals surface area contributed by atoms with Crippen LogP contribution in [0.25, 0.3) is 0 Å². The Morgan fingerprint density at radius 1 is 0.714 bits per heavy atom. The molecule has 3 saturated carbocycles. The van der Waals surface area contributed by atoms with Crippen molar-refractivity contribution in [2.24, 2.45) is 34.5 Å². The Morgan fingerprint density at radius 2 is 1.11 bits per heavy atom. The minimum absolute atomic E-state index is 0. The molecule has 0 N–H and O–H groups in total. The SMILES string of the molecule is CC1[CH-]C2=CC=CCC(C)(C)C2C1.CC1[CH-]C2=CC=CCC(C)(C)C2C1.[Cl-].[Cl-].[Zr+2]=[C]1CCCCC1. The quantitative estimate of drug-likeness (QED) is 0.378. The van der Waals surface area contributed by atoms with Crippen molar-refractivity contribution in [2.45, 2.75) is 99.3 Å². The summed E-state index contributed by atoms with van der Waals surface area (Å²) in [6, 6.07) is 0. The van der Waals surface area contributed by atoms with Crippen LogP contribution in [0.1, 0.15) is 99.3 Å². The van der Waals surface area contributed by atoms with Crippen LogP contribution in [0.2, 0.25) is 0 Å². The summed E-state index contributed by atoms with van der Waals surface area (Å²) >= 11 is 1.69. The van der Waals surface area contributed by atoms with Gasteiger partial charge in [0.1, 0.15) is 0 Å². The Balaban J connectivity index is 0.000000266. The van der Waals surface area contributed by atoms with Gasteiger partial charge in [-0.1, -0.05) is 66.2 Å². The molecule has 0 radical (unpaired) electrons. The fourth-order valence-electron chi connectivity index (χ4n) is 6.29. The molecule has 3 heteroatoms. The molecule has 5 aliphatic rings. The van der Waals surface area contributed by atoms with Crippen LogP contribution in [0.4, 0.5) is 0 Å². The molecule has 0 saturated heterocycles. The first-order valence-electron chi connectivity index (χ1n) is 13.6. The molecule has 0 aromatic rings. The van der Waals surface area contributed by atoms with Gasteiger partial charge >= 0.3 is 59.5 Å². The fraction of sp³-hybridized carbons (Fsp3) is 0.656.